The first-order valence-electron chi connectivity index (χ1n) is 11.6. The molecule has 0 aliphatic heterocycles. The van der Waals surface area contributed by atoms with Crippen molar-refractivity contribution >= 4 is 34.7 Å². The Kier molecular flexibility index (Phi) is 7.91. The smallest absolute Gasteiger partial charge is 0.416 e. The predicted molar refractivity (Wildman–Crippen MR) is 140 cm³/mol. The Morgan fingerprint density at radius 1 is 1.18 bits per heavy atom. The average Bonchev–Trinajstić information content (AvgIpc) is 2.89. The topological polar surface area (TPSA) is 103 Å². The molecule has 4 rings (SSSR count). The minimum atomic E-state index is -4.60. The molecule has 4 aromatic rings. The zero-order valence-corrected chi connectivity index (χ0v) is 21.3. The van der Waals surface area contributed by atoms with Crippen molar-refractivity contribution in [2.24, 2.45) is 5.10 Å². The van der Waals surface area contributed by atoms with E-state index in [0.717, 1.165) is 16.8 Å². The molecular formula is C27H21ClF3N3O5. The van der Waals surface area contributed by atoms with Crippen LogP contribution in [-0.4, -0.2) is 39.7 Å². The standard InChI is InChI=1S/C27H21ClF3N3O5/c1-3-38-22-12-16(11-20(28)23(22)39-15(2)26(36)37)14-32-34-24(17-7-6-8-18(13-17)27(29,30)31)33-21-10-5-4-9-19(21)25(34)35/h4-15H,3H2,1-2H3,(H,36,37)/t15-/m1/s1. The first-order valence-corrected chi connectivity index (χ1v) is 12.0. The number of ether oxygens (including phenoxy) is 2. The Hall–Kier alpha value is -4.38. The van der Waals surface area contributed by atoms with Gasteiger partial charge in [-0.15, -0.1) is 0 Å². The SMILES string of the molecule is CCOc1cc(C=Nn2c(-c3cccc(C(F)(F)F)c3)nc3ccccc3c2=O)cc(Cl)c1O[C@H](C)C(=O)O. The van der Waals surface area contributed by atoms with Crippen LogP contribution in [0.4, 0.5) is 13.2 Å². The fourth-order valence-electron chi connectivity index (χ4n) is 3.64. The van der Waals surface area contributed by atoms with Crippen molar-refractivity contribution in [1.29, 1.82) is 0 Å². The average molecular weight is 560 g/mol. The number of carboxylic acid groups (broad SMARTS) is 1. The van der Waals surface area contributed by atoms with Crippen LogP contribution < -0.4 is 15.0 Å². The van der Waals surface area contributed by atoms with Crippen molar-refractivity contribution in [3.05, 3.63) is 87.2 Å². The van der Waals surface area contributed by atoms with E-state index < -0.39 is 29.4 Å². The lowest BCUT2D eigenvalue weighted by Crippen LogP contribution is -2.23. The molecule has 0 radical (unpaired) electrons. The summed E-state index contributed by atoms with van der Waals surface area (Å²) in [6.45, 7) is 3.25. The van der Waals surface area contributed by atoms with Gasteiger partial charge in [-0.05, 0) is 55.8 Å². The molecule has 0 aliphatic rings. The van der Waals surface area contributed by atoms with Gasteiger partial charge >= 0.3 is 12.1 Å². The lowest BCUT2D eigenvalue weighted by molar-refractivity contribution is -0.144. The maximum atomic E-state index is 13.4. The van der Waals surface area contributed by atoms with Crippen molar-refractivity contribution in [3.8, 4) is 22.9 Å². The number of hydrogen-bond donors (Lipinski definition) is 1. The maximum Gasteiger partial charge on any atom is 0.416 e. The highest BCUT2D eigenvalue weighted by molar-refractivity contribution is 6.32. The summed E-state index contributed by atoms with van der Waals surface area (Å²) >= 11 is 6.35. The lowest BCUT2D eigenvalue weighted by Gasteiger charge is -2.16. The van der Waals surface area contributed by atoms with Crippen LogP contribution in [0.25, 0.3) is 22.3 Å². The van der Waals surface area contributed by atoms with E-state index in [4.69, 9.17) is 21.1 Å². The largest absolute Gasteiger partial charge is 0.490 e. The van der Waals surface area contributed by atoms with Crippen LogP contribution in [-0.2, 0) is 11.0 Å². The van der Waals surface area contributed by atoms with Crippen molar-refractivity contribution < 1.29 is 32.5 Å². The number of aromatic nitrogens is 2. The molecule has 1 atom stereocenters. The molecule has 12 heteroatoms. The third-order valence-electron chi connectivity index (χ3n) is 5.50. The van der Waals surface area contributed by atoms with E-state index in [1.165, 1.54) is 43.5 Å². The Labute approximate surface area is 224 Å². The van der Waals surface area contributed by atoms with Gasteiger partial charge in [0.2, 0.25) is 0 Å². The molecule has 0 aliphatic carbocycles. The molecule has 1 N–H and O–H groups in total. The number of carboxylic acids is 1. The number of fused-ring (bicyclic) bond motifs is 1. The molecule has 0 unspecified atom stereocenters. The molecule has 3 aromatic carbocycles. The van der Waals surface area contributed by atoms with Crippen molar-refractivity contribution in [2.75, 3.05) is 6.61 Å². The van der Waals surface area contributed by atoms with E-state index in [1.807, 2.05) is 0 Å². The number of carbonyl (C=O) groups is 1. The van der Waals surface area contributed by atoms with Crippen LogP contribution >= 0.6 is 11.6 Å². The Morgan fingerprint density at radius 3 is 2.62 bits per heavy atom. The zero-order chi connectivity index (χ0) is 28.3. The second kappa shape index (κ2) is 11.2. The maximum absolute atomic E-state index is 13.4. The molecule has 0 bridgehead atoms. The van der Waals surface area contributed by atoms with Crippen LogP contribution in [0.5, 0.6) is 11.5 Å². The molecule has 8 nitrogen and oxygen atoms in total. The summed E-state index contributed by atoms with van der Waals surface area (Å²) in [4.78, 5) is 29.0. The van der Waals surface area contributed by atoms with Crippen molar-refractivity contribution in [3.63, 3.8) is 0 Å². The summed E-state index contributed by atoms with van der Waals surface area (Å²) in [6, 6.07) is 13.7. The van der Waals surface area contributed by atoms with Gasteiger partial charge in [-0.3, -0.25) is 4.79 Å². The first kappa shape index (κ1) is 27.6. The highest BCUT2D eigenvalue weighted by Crippen LogP contribution is 2.37. The van der Waals surface area contributed by atoms with Crippen LogP contribution in [0.1, 0.15) is 25.0 Å². The van der Waals surface area contributed by atoms with Crippen molar-refractivity contribution in [1.82, 2.24) is 9.66 Å². The summed E-state index contributed by atoms with van der Waals surface area (Å²) < 4.78 is 52.1. The van der Waals surface area contributed by atoms with Crippen LogP contribution in [0, 0.1) is 0 Å². The number of alkyl halides is 3. The summed E-state index contributed by atoms with van der Waals surface area (Å²) in [7, 11) is 0. The monoisotopic (exact) mass is 559 g/mol. The van der Waals surface area contributed by atoms with Crippen LogP contribution in [0.3, 0.4) is 0 Å². The van der Waals surface area contributed by atoms with Gasteiger partial charge in [0.25, 0.3) is 5.56 Å². The number of hydrogen-bond acceptors (Lipinski definition) is 6. The van der Waals surface area contributed by atoms with Gasteiger partial charge in [0.15, 0.2) is 23.4 Å². The fraction of sp³-hybridized carbons (Fsp3) is 0.185. The van der Waals surface area contributed by atoms with Gasteiger partial charge in [0.1, 0.15) is 0 Å². The summed E-state index contributed by atoms with van der Waals surface area (Å²) in [5, 5.41) is 13.7. The molecule has 0 spiro atoms. The quantitative estimate of drug-likeness (QED) is 0.271. The molecule has 0 fully saturated rings. The number of para-hydroxylation sites is 1. The first-order chi connectivity index (χ1) is 18.5. The normalized spacial score (nSPS) is 12.6. The van der Waals surface area contributed by atoms with Gasteiger partial charge in [-0.1, -0.05) is 35.9 Å². The number of benzene rings is 3. The third-order valence-corrected chi connectivity index (χ3v) is 5.78. The van der Waals surface area contributed by atoms with Gasteiger partial charge in [-0.2, -0.15) is 22.9 Å². The van der Waals surface area contributed by atoms with Crippen LogP contribution in [0.2, 0.25) is 5.02 Å². The van der Waals surface area contributed by atoms with E-state index in [0.29, 0.717) is 5.56 Å². The molecule has 1 heterocycles. The van der Waals surface area contributed by atoms with E-state index in [1.54, 1.807) is 25.1 Å². The van der Waals surface area contributed by atoms with Gasteiger partial charge < -0.3 is 14.6 Å². The molecular weight excluding hydrogens is 539 g/mol. The summed E-state index contributed by atoms with van der Waals surface area (Å²) in [5.41, 5.74) is -0.844. The van der Waals surface area contributed by atoms with E-state index >= 15 is 0 Å². The van der Waals surface area contributed by atoms with E-state index in [2.05, 4.69) is 10.1 Å². The van der Waals surface area contributed by atoms with E-state index in [-0.39, 0.29) is 45.4 Å². The molecule has 1 aromatic heterocycles. The lowest BCUT2D eigenvalue weighted by atomic mass is 10.1. The molecule has 202 valence electrons. The zero-order valence-electron chi connectivity index (χ0n) is 20.6. The van der Waals surface area contributed by atoms with Gasteiger partial charge in [0, 0.05) is 5.56 Å². The summed E-state index contributed by atoms with van der Waals surface area (Å²) in [5.74, 6) is -1.15. The molecule has 0 amide bonds. The predicted octanol–water partition coefficient (Wildman–Crippen LogP) is 5.87. The second-order valence-electron chi connectivity index (χ2n) is 8.25. The molecule has 0 saturated carbocycles. The number of rotatable bonds is 8. The number of halogens is 4. The highest BCUT2D eigenvalue weighted by atomic mass is 35.5. The molecule has 39 heavy (non-hydrogen) atoms. The fourth-order valence-corrected chi connectivity index (χ4v) is 3.91. The second-order valence-corrected chi connectivity index (χ2v) is 8.66. The van der Waals surface area contributed by atoms with E-state index in [9.17, 15) is 27.9 Å². The minimum Gasteiger partial charge on any atom is -0.490 e. The Bertz CT molecular complexity index is 1640. The van der Waals surface area contributed by atoms with Gasteiger partial charge in [0.05, 0.1) is 34.3 Å². The minimum absolute atomic E-state index is 0.0137. The Morgan fingerprint density at radius 2 is 1.92 bits per heavy atom. The van der Waals surface area contributed by atoms with Gasteiger partial charge in [-0.25, -0.2) is 9.78 Å². The Balaban J connectivity index is 1.85. The number of aliphatic carboxylic acids is 1. The summed E-state index contributed by atoms with van der Waals surface area (Å²) in [6.07, 6.45) is -4.55. The molecule has 0 saturated heterocycles. The van der Waals surface area contributed by atoms with Crippen molar-refractivity contribution in [2.45, 2.75) is 26.1 Å². The van der Waals surface area contributed by atoms with Crippen LogP contribution in [0.15, 0.2) is 70.6 Å². The third kappa shape index (κ3) is 6.04. The highest BCUT2D eigenvalue weighted by Gasteiger charge is 2.31. The number of nitrogens with zero attached hydrogens (tertiary/aromatic N) is 3.